The van der Waals surface area contributed by atoms with E-state index in [1.165, 1.54) is 0 Å². The van der Waals surface area contributed by atoms with E-state index < -0.39 is 16.8 Å². The Hall–Kier alpha value is -2.24. The van der Waals surface area contributed by atoms with Gasteiger partial charge in [-0.25, -0.2) is 0 Å². The quantitative estimate of drug-likeness (QED) is 0.866. The summed E-state index contributed by atoms with van der Waals surface area (Å²) in [7, 11) is 0. The van der Waals surface area contributed by atoms with Crippen molar-refractivity contribution in [2.75, 3.05) is 19.8 Å². The first kappa shape index (κ1) is 17.1. The third kappa shape index (κ3) is 3.57. The fourth-order valence-corrected chi connectivity index (χ4v) is 2.16. The highest BCUT2D eigenvalue weighted by atomic mass is 16.6. The maximum absolute atomic E-state index is 12.5. The van der Waals surface area contributed by atoms with E-state index in [0.29, 0.717) is 24.7 Å². The van der Waals surface area contributed by atoms with Crippen molar-refractivity contribution in [3.63, 3.8) is 0 Å². The molecule has 0 saturated heterocycles. The molecule has 0 unspecified atom stereocenters. The molecule has 0 aliphatic carbocycles. The van der Waals surface area contributed by atoms with Gasteiger partial charge in [0.15, 0.2) is 11.5 Å². The number of nitrogens with one attached hydrogen (secondary N) is 1. The highest BCUT2D eigenvalue weighted by molar-refractivity contribution is 5.88. The van der Waals surface area contributed by atoms with Gasteiger partial charge in [0.1, 0.15) is 13.2 Å². The first-order valence-corrected chi connectivity index (χ1v) is 7.56. The summed E-state index contributed by atoms with van der Waals surface area (Å²) >= 11 is 0. The fraction of sp³-hybridized carbons (Fsp3) is 0.529. The second-order valence-electron chi connectivity index (χ2n) is 6.86. The van der Waals surface area contributed by atoms with Gasteiger partial charge in [0.25, 0.3) is 0 Å². The summed E-state index contributed by atoms with van der Waals surface area (Å²) in [6.45, 7) is 7.80. The second-order valence-corrected chi connectivity index (χ2v) is 6.86. The normalized spacial score (nSPS) is 14.3. The molecule has 0 saturated carbocycles. The largest absolute Gasteiger partial charge is 0.486 e. The predicted molar refractivity (Wildman–Crippen MR) is 84.9 cm³/mol. The van der Waals surface area contributed by atoms with Gasteiger partial charge >= 0.3 is 5.97 Å². The molecule has 0 radical (unpaired) electrons. The lowest BCUT2D eigenvalue weighted by molar-refractivity contribution is -0.146. The van der Waals surface area contributed by atoms with Gasteiger partial charge in [0, 0.05) is 6.54 Å². The van der Waals surface area contributed by atoms with Crippen molar-refractivity contribution in [2.45, 2.75) is 33.1 Å². The Balaban J connectivity index is 2.14. The molecule has 0 aromatic heterocycles. The highest BCUT2D eigenvalue weighted by Gasteiger charge is 2.34. The van der Waals surface area contributed by atoms with Gasteiger partial charge in [-0.1, -0.05) is 6.07 Å². The van der Waals surface area contributed by atoms with Crippen LogP contribution in [0.3, 0.4) is 0 Å². The summed E-state index contributed by atoms with van der Waals surface area (Å²) < 4.78 is 11.0. The standard InChI is InChI=1S/C17H23NO5/c1-16(2,15(20)21)10-18-14(19)17(3,4)11-5-6-12-13(9-11)23-8-7-22-12/h5-6,9H,7-8,10H2,1-4H3,(H,18,19)(H,20,21). The summed E-state index contributed by atoms with van der Waals surface area (Å²) in [5, 5.41) is 11.9. The minimum Gasteiger partial charge on any atom is -0.486 e. The number of fused-ring (bicyclic) bond motifs is 1. The highest BCUT2D eigenvalue weighted by Crippen LogP contribution is 2.35. The summed E-state index contributed by atoms with van der Waals surface area (Å²) in [6, 6.07) is 5.42. The monoisotopic (exact) mass is 321 g/mol. The fourth-order valence-electron chi connectivity index (χ4n) is 2.16. The van der Waals surface area contributed by atoms with Crippen LogP contribution in [0.1, 0.15) is 33.3 Å². The zero-order chi connectivity index (χ0) is 17.3. The number of carbonyl (C=O) groups is 2. The molecule has 1 amide bonds. The molecule has 6 heteroatoms. The van der Waals surface area contributed by atoms with Crippen molar-refractivity contribution in [3.8, 4) is 11.5 Å². The van der Waals surface area contributed by atoms with Crippen LogP contribution in [0.2, 0.25) is 0 Å². The van der Waals surface area contributed by atoms with Gasteiger partial charge in [0.05, 0.1) is 10.8 Å². The molecule has 1 aliphatic heterocycles. The Morgan fingerprint density at radius 2 is 1.74 bits per heavy atom. The van der Waals surface area contributed by atoms with Gasteiger partial charge in [0.2, 0.25) is 5.91 Å². The van der Waals surface area contributed by atoms with Gasteiger partial charge in [-0.05, 0) is 45.4 Å². The number of carbonyl (C=O) groups excluding carboxylic acids is 1. The van der Waals surface area contributed by atoms with Gasteiger partial charge < -0.3 is 19.9 Å². The summed E-state index contributed by atoms with van der Waals surface area (Å²) in [6.07, 6.45) is 0. The van der Waals surface area contributed by atoms with E-state index >= 15 is 0 Å². The van der Waals surface area contributed by atoms with E-state index in [9.17, 15) is 9.59 Å². The number of carboxylic acids is 1. The van der Waals surface area contributed by atoms with Crippen molar-refractivity contribution in [3.05, 3.63) is 23.8 Å². The summed E-state index contributed by atoms with van der Waals surface area (Å²) in [4.78, 5) is 23.7. The molecular formula is C17H23NO5. The van der Waals surface area contributed by atoms with Crippen LogP contribution in [0.15, 0.2) is 18.2 Å². The van der Waals surface area contributed by atoms with Gasteiger partial charge in [-0.15, -0.1) is 0 Å². The van der Waals surface area contributed by atoms with Crippen LogP contribution in [-0.4, -0.2) is 36.7 Å². The Morgan fingerprint density at radius 3 is 2.35 bits per heavy atom. The first-order chi connectivity index (χ1) is 10.6. The summed E-state index contributed by atoms with van der Waals surface area (Å²) in [5.41, 5.74) is -1.05. The van der Waals surface area contributed by atoms with Crippen LogP contribution in [0.4, 0.5) is 0 Å². The maximum atomic E-state index is 12.5. The third-order valence-electron chi connectivity index (χ3n) is 4.10. The van der Waals surface area contributed by atoms with Crippen molar-refractivity contribution >= 4 is 11.9 Å². The molecular weight excluding hydrogens is 298 g/mol. The van der Waals surface area contributed by atoms with Crippen LogP contribution in [0.25, 0.3) is 0 Å². The molecule has 0 bridgehead atoms. The van der Waals surface area contributed by atoms with Crippen molar-refractivity contribution in [1.29, 1.82) is 0 Å². The SMILES string of the molecule is CC(C)(CNC(=O)C(C)(C)c1ccc2c(c1)OCCO2)C(=O)O. The number of amides is 1. The molecule has 1 aliphatic rings. The lowest BCUT2D eigenvalue weighted by Crippen LogP contribution is -2.45. The van der Waals surface area contributed by atoms with Crippen LogP contribution >= 0.6 is 0 Å². The average Bonchev–Trinajstić information content (AvgIpc) is 2.51. The average molecular weight is 321 g/mol. The molecule has 1 aromatic rings. The van der Waals surface area contributed by atoms with E-state index in [1.807, 2.05) is 6.07 Å². The number of carboxylic acid groups (broad SMARTS) is 1. The Kier molecular flexibility index (Phi) is 4.54. The topological polar surface area (TPSA) is 84.9 Å². The molecule has 1 heterocycles. The van der Waals surface area contributed by atoms with Crippen LogP contribution in [0, 0.1) is 5.41 Å². The van der Waals surface area contributed by atoms with Gasteiger partial charge in [-0.3, -0.25) is 9.59 Å². The third-order valence-corrected chi connectivity index (χ3v) is 4.10. The number of benzene rings is 1. The van der Waals surface area contributed by atoms with Crippen molar-refractivity contribution in [2.24, 2.45) is 5.41 Å². The molecule has 1 aromatic carbocycles. The van der Waals surface area contributed by atoms with Crippen LogP contribution in [-0.2, 0) is 15.0 Å². The van der Waals surface area contributed by atoms with Crippen LogP contribution < -0.4 is 14.8 Å². The number of hydrogen-bond donors (Lipinski definition) is 2. The van der Waals surface area contributed by atoms with Gasteiger partial charge in [-0.2, -0.15) is 0 Å². The van der Waals surface area contributed by atoms with Crippen LogP contribution in [0.5, 0.6) is 11.5 Å². The molecule has 2 rings (SSSR count). The zero-order valence-corrected chi connectivity index (χ0v) is 13.9. The predicted octanol–water partition coefficient (Wildman–Crippen LogP) is 1.96. The minimum atomic E-state index is -1.02. The Bertz CT molecular complexity index is 621. The molecule has 0 atom stereocenters. The van der Waals surface area contributed by atoms with E-state index in [1.54, 1.807) is 39.8 Å². The Labute approximate surface area is 135 Å². The van der Waals surface area contributed by atoms with Crippen molar-refractivity contribution in [1.82, 2.24) is 5.32 Å². The van der Waals surface area contributed by atoms with E-state index in [-0.39, 0.29) is 12.5 Å². The smallest absolute Gasteiger partial charge is 0.310 e. The van der Waals surface area contributed by atoms with Crippen molar-refractivity contribution < 1.29 is 24.2 Å². The molecule has 2 N–H and O–H groups in total. The molecule has 126 valence electrons. The number of ether oxygens (including phenoxy) is 2. The molecule has 0 fully saturated rings. The maximum Gasteiger partial charge on any atom is 0.310 e. The lowest BCUT2D eigenvalue weighted by atomic mass is 9.83. The Morgan fingerprint density at radius 1 is 1.13 bits per heavy atom. The molecule has 0 spiro atoms. The number of hydrogen-bond acceptors (Lipinski definition) is 4. The molecule has 6 nitrogen and oxygen atoms in total. The number of aliphatic carboxylic acids is 1. The zero-order valence-electron chi connectivity index (χ0n) is 13.9. The second kappa shape index (κ2) is 6.10. The lowest BCUT2D eigenvalue weighted by Gasteiger charge is -2.28. The van der Waals surface area contributed by atoms with E-state index in [4.69, 9.17) is 14.6 Å². The minimum absolute atomic E-state index is 0.0646. The summed E-state index contributed by atoms with van der Waals surface area (Å²) in [5.74, 6) is 0.113. The van der Waals surface area contributed by atoms with E-state index in [0.717, 1.165) is 5.56 Å². The first-order valence-electron chi connectivity index (χ1n) is 7.56. The van der Waals surface area contributed by atoms with E-state index in [2.05, 4.69) is 5.32 Å². The number of rotatable bonds is 5. The molecule has 23 heavy (non-hydrogen) atoms.